The SMILES string of the molecule is CCC(C(=O)NC(C)C)N(Cc1c(Cl)cccc1Cl)C(=O)Cc1ccc(Cl)cc1. The molecule has 156 valence electrons. The Morgan fingerprint density at radius 1 is 1.00 bits per heavy atom. The van der Waals surface area contributed by atoms with Gasteiger partial charge in [-0.15, -0.1) is 0 Å². The second kappa shape index (κ2) is 10.9. The normalized spacial score (nSPS) is 12.0. The van der Waals surface area contributed by atoms with Gasteiger partial charge in [0.15, 0.2) is 0 Å². The Balaban J connectivity index is 2.36. The van der Waals surface area contributed by atoms with Crippen LogP contribution in [0.3, 0.4) is 0 Å². The maximum absolute atomic E-state index is 13.2. The lowest BCUT2D eigenvalue weighted by atomic mass is 10.1. The molecule has 0 aliphatic carbocycles. The van der Waals surface area contributed by atoms with Crippen LogP contribution in [0.4, 0.5) is 0 Å². The van der Waals surface area contributed by atoms with Gasteiger partial charge in [-0.3, -0.25) is 9.59 Å². The zero-order valence-corrected chi connectivity index (χ0v) is 19.0. The van der Waals surface area contributed by atoms with Crippen molar-refractivity contribution >= 4 is 46.6 Å². The Morgan fingerprint density at radius 3 is 2.10 bits per heavy atom. The first kappa shape index (κ1) is 23.5. The van der Waals surface area contributed by atoms with E-state index in [1.54, 1.807) is 47.4 Å². The minimum Gasteiger partial charge on any atom is -0.352 e. The van der Waals surface area contributed by atoms with E-state index in [9.17, 15) is 9.59 Å². The molecular formula is C22H25Cl3N2O2. The molecule has 0 aliphatic heterocycles. The molecule has 0 aromatic heterocycles. The van der Waals surface area contributed by atoms with Crippen molar-refractivity contribution in [3.05, 3.63) is 68.7 Å². The molecule has 0 heterocycles. The molecule has 7 heteroatoms. The van der Waals surface area contributed by atoms with Crippen LogP contribution in [0, 0.1) is 0 Å². The predicted octanol–water partition coefficient (Wildman–Crippen LogP) is 5.52. The smallest absolute Gasteiger partial charge is 0.243 e. The largest absolute Gasteiger partial charge is 0.352 e. The molecule has 1 unspecified atom stereocenters. The molecule has 0 spiro atoms. The van der Waals surface area contributed by atoms with Crippen molar-refractivity contribution in [3.8, 4) is 0 Å². The van der Waals surface area contributed by atoms with Crippen LogP contribution >= 0.6 is 34.8 Å². The summed E-state index contributed by atoms with van der Waals surface area (Å²) in [6, 6.07) is 11.6. The number of halogens is 3. The summed E-state index contributed by atoms with van der Waals surface area (Å²) in [6.07, 6.45) is 0.609. The van der Waals surface area contributed by atoms with Crippen LogP contribution < -0.4 is 5.32 Å². The molecule has 1 atom stereocenters. The number of hydrogen-bond donors (Lipinski definition) is 1. The maximum Gasteiger partial charge on any atom is 0.243 e. The molecule has 29 heavy (non-hydrogen) atoms. The Kier molecular flexibility index (Phi) is 8.81. The molecule has 1 N–H and O–H groups in total. The first-order valence-corrected chi connectivity index (χ1v) is 10.6. The Bertz CT molecular complexity index is 833. The lowest BCUT2D eigenvalue weighted by Crippen LogP contribution is -2.50. The molecular weight excluding hydrogens is 431 g/mol. The van der Waals surface area contributed by atoms with Gasteiger partial charge in [-0.05, 0) is 50.1 Å². The van der Waals surface area contributed by atoms with E-state index in [1.165, 1.54) is 0 Å². The summed E-state index contributed by atoms with van der Waals surface area (Å²) in [7, 11) is 0. The van der Waals surface area contributed by atoms with Gasteiger partial charge in [0.1, 0.15) is 6.04 Å². The van der Waals surface area contributed by atoms with E-state index in [2.05, 4.69) is 5.32 Å². The summed E-state index contributed by atoms with van der Waals surface area (Å²) >= 11 is 18.6. The molecule has 2 aromatic carbocycles. The first-order valence-electron chi connectivity index (χ1n) is 9.50. The van der Waals surface area contributed by atoms with Gasteiger partial charge < -0.3 is 10.2 Å². The molecule has 0 aliphatic rings. The zero-order chi connectivity index (χ0) is 21.6. The van der Waals surface area contributed by atoms with E-state index in [0.717, 1.165) is 5.56 Å². The van der Waals surface area contributed by atoms with Crippen molar-refractivity contribution in [2.24, 2.45) is 0 Å². The van der Waals surface area contributed by atoms with E-state index in [0.29, 0.717) is 27.1 Å². The van der Waals surface area contributed by atoms with E-state index in [4.69, 9.17) is 34.8 Å². The van der Waals surface area contributed by atoms with Gasteiger partial charge >= 0.3 is 0 Å². The van der Waals surface area contributed by atoms with Crippen molar-refractivity contribution in [1.82, 2.24) is 10.2 Å². The Labute approximate surface area is 187 Å². The standard InChI is InChI=1S/C22H25Cl3N2O2/c1-4-20(22(29)26-14(2)3)27(13-17-18(24)6-5-7-19(17)25)21(28)12-15-8-10-16(23)11-9-15/h5-11,14,20H,4,12-13H2,1-3H3,(H,26,29). The van der Waals surface area contributed by atoms with Gasteiger partial charge in [0.2, 0.25) is 11.8 Å². The average molecular weight is 456 g/mol. The van der Waals surface area contributed by atoms with E-state index in [-0.39, 0.29) is 30.8 Å². The molecule has 2 amide bonds. The highest BCUT2D eigenvalue weighted by Crippen LogP contribution is 2.27. The number of hydrogen-bond acceptors (Lipinski definition) is 2. The fraction of sp³-hybridized carbons (Fsp3) is 0.364. The molecule has 0 saturated heterocycles. The summed E-state index contributed by atoms with van der Waals surface area (Å²) in [4.78, 5) is 27.6. The minimum atomic E-state index is -0.635. The van der Waals surface area contributed by atoms with Crippen molar-refractivity contribution in [2.45, 2.75) is 52.2 Å². The lowest BCUT2D eigenvalue weighted by molar-refractivity contribution is -0.141. The van der Waals surface area contributed by atoms with E-state index < -0.39 is 6.04 Å². The van der Waals surface area contributed by atoms with E-state index >= 15 is 0 Å². The molecule has 2 aromatic rings. The third-order valence-electron chi connectivity index (χ3n) is 4.48. The van der Waals surface area contributed by atoms with Crippen LogP contribution in [0.25, 0.3) is 0 Å². The fourth-order valence-electron chi connectivity index (χ4n) is 3.03. The number of rotatable bonds is 8. The molecule has 0 radical (unpaired) electrons. The van der Waals surface area contributed by atoms with Gasteiger partial charge in [-0.25, -0.2) is 0 Å². The van der Waals surface area contributed by atoms with Crippen molar-refractivity contribution in [3.63, 3.8) is 0 Å². The fourth-order valence-corrected chi connectivity index (χ4v) is 3.68. The number of carbonyl (C=O) groups is 2. The van der Waals surface area contributed by atoms with Gasteiger partial charge in [0.25, 0.3) is 0 Å². The van der Waals surface area contributed by atoms with Crippen LogP contribution in [0.2, 0.25) is 15.1 Å². The monoisotopic (exact) mass is 454 g/mol. The van der Waals surface area contributed by atoms with Crippen LogP contribution in [0.1, 0.15) is 38.3 Å². The molecule has 0 bridgehead atoms. The molecule has 2 rings (SSSR count). The second-order valence-corrected chi connectivity index (χ2v) is 8.36. The van der Waals surface area contributed by atoms with Crippen LogP contribution in [0.5, 0.6) is 0 Å². The maximum atomic E-state index is 13.2. The Hall–Kier alpha value is -1.75. The predicted molar refractivity (Wildman–Crippen MR) is 120 cm³/mol. The molecule has 4 nitrogen and oxygen atoms in total. The molecule has 0 saturated carbocycles. The Morgan fingerprint density at radius 2 is 1.59 bits per heavy atom. The number of nitrogens with one attached hydrogen (secondary N) is 1. The quantitative estimate of drug-likeness (QED) is 0.569. The summed E-state index contributed by atoms with van der Waals surface area (Å²) in [5.74, 6) is -0.385. The van der Waals surface area contributed by atoms with Crippen LogP contribution in [0.15, 0.2) is 42.5 Å². The minimum absolute atomic E-state index is 0.0336. The van der Waals surface area contributed by atoms with Crippen molar-refractivity contribution in [1.29, 1.82) is 0 Å². The summed E-state index contributed by atoms with van der Waals surface area (Å²) in [6.45, 7) is 5.79. The summed E-state index contributed by atoms with van der Waals surface area (Å²) in [5.41, 5.74) is 1.44. The summed E-state index contributed by atoms with van der Waals surface area (Å²) in [5, 5.41) is 4.42. The van der Waals surface area contributed by atoms with Crippen LogP contribution in [-0.2, 0) is 22.6 Å². The summed E-state index contributed by atoms with van der Waals surface area (Å²) < 4.78 is 0. The second-order valence-electron chi connectivity index (χ2n) is 7.11. The topological polar surface area (TPSA) is 49.4 Å². The third-order valence-corrected chi connectivity index (χ3v) is 5.44. The average Bonchev–Trinajstić information content (AvgIpc) is 2.65. The highest BCUT2D eigenvalue weighted by Gasteiger charge is 2.30. The van der Waals surface area contributed by atoms with Gasteiger partial charge in [-0.2, -0.15) is 0 Å². The highest BCUT2D eigenvalue weighted by molar-refractivity contribution is 6.36. The third kappa shape index (κ3) is 6.63. The molecule has 0 fully saturated rings. The van der Waals surface area contributed by atoms with Gasteiger partial charge in [0.05, 0.1) is 6.42 Å². The van der Waals surface area contributed by atoms with Gasteiger partial charge in [0, 0.05) is 33.2 Å². The number of amides is 2. The van der Waals surface area contributed by atoms with Crippen LogP contribution in [-0.4, -0.2) is 28.8 Å². The highest BCUT2D eigenvalue weighted by atomic mass is 35.5. The van der Waals surface area contributed by atoms with E-state index in [1.807, 2.05) is 20.8 Å². The van der Waals surface area contributed by atoms with Crippen molar-refractivity contribution < 1.29 is 9.59 Å². The zero-order valence-electron chi connectivity index (χ0n) is 16.7. The van der Waals surface area contributed by atoms with Crippen molar-refractivity contribution in [2.75, 3.05) is 0 Å². The van der Waals surface area contributed by atoms with Gasteiger partial charge in [-0.1, -0.05) is 59.9 Å². The first-order chi connectivity index (χ1) is 13.7. The lowest BCUT2D eigenvalue weighted by Gasteiger charge is -2.31. The number of benzene rings is 2. The number of carbonyl (C=O) groups excluding carboxylic acids is 2. The number of nitrogens with zero attached hydrogens (tertiary/aromatic N) is 1.